The highest BCUT2D eigenvalue weighted by molar-refractivity contribution is 7.12. The van der Waals surface area contributed by atoms with E-state index in [9.17, 15) is 9.59 Å². The molecule has 2 atom stereocenters. The van der Waals surface area contributed by atoms with E-state index < -0.39 is 0 Å². The summed E-state index contributed by atoms with van der Waals surface area (Å²) >= 11 is 1.50. The normalized spacial score (nSPS) is 20.0. The summed E-state index contributed by atoms with van der Waals surface area (Å²) in [7, 11) is 4.09. The topological polar surface area (TPSA) is 45.6 Å². The maximum Gasteiger partial charge on any atom is 0.263 e. The zero-order valence-corrected chi connectivity index (χ0v) is 18.8. The average Bonchev–Trinajstić information content (AvgIpc) is 3.29. The molecule has 6 heteroatoms. The summed E-state index contributed by atoms with van der Waals surface area (Å²) in [4.78, 5) is 31.4. The Morgan fingerprint density at radius 3 is 2.65 bits per heavy atom. The first-order chi connectivity index (χ1) is 15.0. The second-order valence-electron chi connectivity index (χ2n) is 8.97. The lowest BCUT2D eigenvalue weighted by Crippen LogP contribution is -2.49. The number of piperidine rings is 1. The molecule has 1 fully saturated rings. The van der Waals surface area contributed by atoms with Crippen molar-refractivity contribution < 1.29 is 4.79 Å². The minimum absolute atomic E-state index is 0.0939. The van der Waals surface area contributed by atoms with Gasteiger partial charge in [-0.2, -0.15) is 0 Å². The molecule has 0 radical (unpaired) electrons. The molecule has 3 aromatic rings. The molecule has 5 nitrogen and oxygen atoms in total. The van der Waals surface area contributed by atoms with E-state index in [1.54, 1.807) is 0 Å². The third kappa shape index (κ3) is 3.75. The first-order valence-corrected chi connectivity index (χ1v) is 11.7. The summed E-state index contributed by atoms with van der Waals surface area (Å²) in [5.74, 6) is 0.657. The molecule has 2 bridgehead atoms. The van der Waals surface area contributed by atoms with Crippen LogP contribution in [0.5, 0.6) is 0 Å². The molecule has 1 aromatic carbocycles. The van der Waals surface area contributed by atoms with Crippen molar-refractivity contribution in [3.63, 3.8) is 0 Å². The molecule has 1 saturated heterocycles. The molecule has 5 rings (SSSR count). The highest BCUT2D eigenvalue weighted by atomic mass is 32.1. The highest BCUT2D eigenvalue weighted by Gasteiger charge is 2.37. The molecule has 0 spiro atoms. The standard InChI is InChI=1S/C25H27N3O2S/c1-26(2)15-18-6-3-4-7-20(18)21-9-10-22-19-12-17(14-28(22)24(21)29)13-27(16-19)25(30)23-8-5-11-31-23/h3-11,17,19H,12-16H2,1-2H3. The van der Waals surface area contributed by atoms with E-state index >= 15 is 0 Å². The molecular weight excluding hydrogens is 406 g/mol. The number of carbonyl (C=O) groups is 1. The third-order valence-corrected chi connectivity index (χ3v) is 7.28. The second-order valence-corrected chi connectivity index (χ2v) is 9.92. The monoisotopic (exact) mass is 433 g/mol. The van der Waals surface area contributed by atoms with Gasteiger partial charge in [0.25, 0.3) is 11.5 Å². The fraction of sp³-hybridized carbons (Fsp3) is 0.360. The van der Waals surface area contributed by atoms with Crippen molar-refractivity contribution in [3.05, 3.63) is 80.4 Å². The van der Waals surface area contributed by atoms with Crippen molar-refractivity contribution in [2.45, 2.75) is 25.4 Å². The molecule has 2 aliphatic rings. The Balaban J connectivity index is 1.48. The molecule has 2 aromatic heterocycles. The number of rotatable bonds is 4. The lowest BCUT2D eigenvalue weighted by atomic mass is 9.82. The Labute approximate surface area is 186 Å². The van der Waals surface area contributed by atoms with Crippen LogP contribution in [0.15, 0.2) is 58.7 Å². The van der Waals surface area contributed by atoms with Crippen LogP contribution in [0.3, 0.4) is 0 Å². The molecule has 0 saturated carbocycles. The maximum atomic E-state index is 13.6. The van der Waals surface area contributed by atoms with Crippen molar-refractivity contribution >= 4 is 17.2 Å². The number of aromatic nitrogens is 1. The summed E-state index contributed by atoms with van der Waals surface area (Å²) in [6, 6.07) is 16.1. The number of hydrogen-bond acceptors (Lipinski definition) is 4. The van der Waals surface area contributed by atoms with E-state index in [4.69, 9.17) is 0 Å². The number of thiophene rings is 1. The third-order valence-electron chi connectivity index (χ3n) is 6.42. The van der Waals surface area contributed by atoms with Crippen LogP contribution < -0.4 is 5.56 Å². The summed E-state index contributed by atoms with van der Waals surface area (Å²) in [5.41, 5.74) is 4.11. The fourth-order valence-electron chi connectivity index (χ4n) is 5.13. The maximum absolute atomic E-state index is 13.6. The van der Waals surface area contributed by atoms with Gasteiger partial charge in [-0.1, -0.05) is 30.3 Å². The number of nitrogens with zero attached hydrogens (tertiary/aromatic N) is 3. The van der Waals surface area contributed by atoms with Gasteiger partial charge in [0.1, 0.15) is 0 Å². The Bertz CT molecular complexity index is 1170. The van der Waals surface area contributed by atoms with E-state index in [1.165, 1.54) is 11.3 Å². The minimum atomic E-state index is 0.0939. The predicted molar refractivity (Wildman–Crippen MR) is 125 cm³/mol. The zero-order chi connectivity index (χ0) is 21.5. The molecule has 4 heterocycles. The highest BCUT2D eigenvalue weighted by Crippen LogP contribution is 2.36. The van der Waals surface area contributed by atoms with Gasteiger partial charge < -0.3 is 14.4 Å². The fourth-order valence-corrected chi connectivity index (χ4v) is 5.83. The minimum Gasteiger partial charge on any atom is -0.337 e. The summed E-state index contributed by atoms with van der Waals surface area (Å²) in [6.07, 6.45) is 1.05. The summed E-state index contributed by atoms with van der Waals surface area (Å²) < 4.78 is 1.98. The van der Waals surface area contributed by atoms with Crippen LogP contribution in [0.25, 0.3) is 11.1 Å². The van der Waals surface area contributed by atoms with Gasteiger partial charge in [0, 0.05) is 43.4 Å². The summed E-state index contributed by atoms with van der Waals surface area (Å²) in [5, 5.41) is 1.95. The van der Waals surface area contributed by atoms with Gasteiger partial charge in [-0.15, -0.1) is 11.3 Å². The van der Waals surface area contributed by atoms with Gasteiger partial charge in [0.2, 0.25) is 0 Å². The smallest absolute Gasteiger partial charge is 0.263 e. The SMILES string of the molecule is CN(C)Cc1ccccc1-c1ccc2n(c1=O)CC1CC2CN(C(=O)c2cccs2)C1. The van der Waals surface area contributed by atoms with Gasteiger partial charge in [0.15, 0.2) is 0 Å². The first-order valence-electron chi connectivity index (χ1n) is 10.8. The van der Waals surface area contributed by atoms with Crippen LogP contribution in [0.1, 0.15) is 33.3 Å². The number of fused-ring (bicyclic) bond motifs is 4. The molecule has 0 N–H and O–H groups in total. The van der Waals surface area contributed by atoms with Crippen molar-refractivity contribution in [3.8, 4) is 11.1 Å². The van der Waals surface area contributed by atoms with Crippen LogP contribution in [-0.4, -0.2) is 47.5 Å². The lowest BCUT2D eigenvalue weighted by Gasteiger charge is -2.42. The zero-order valence-electron chi connectivity index (χ0n) is 18.0. The number of hydrogen-bond donors (Lipinski definition) is 0. The Morgan fingerprint density at radius 2 is 1.87 bits per heavy atom. The van der Waals surface area contributed by atoms with Crippen molar-refractivity contribution in [1.82, 2.24) is 14.4 Å². The van der Waals surface area contributed by atoms with E-state index in [-0.39, 0.29) is 17.4 Å². The van der Waals surface area contributed by atoms with Crippen LogP contribution >= 0.6 is 11.3 Å². The van der Waals surface area contributed by atoms with Crippen LogP contribution in [-0.2, 0) is 13.1 Å². The molecule has 0 aliphatic carbocycles. The van der Waals surface area contributed by atoms with Gasteiger partial charge in [0.05, 0.1) is 4.88 Å². The van der Waals surface area contributed by atoms with Crippen molar-refractivity contribution in [2.75, 3.05) is 27.2 Å². The Morgan fingerprint density at radius 1 is 1.03 bits per heavy atom. The van der Waals surface area contributed by atoms with E-state index in [0.29, 0.717) is 19.0 Å². The quantitative estimate of drug-likeness (QED) is 0.627. The molecule has 1 amide bonds. The molecule has 31 heavy (non-hydrogen) atoms. The number of benzene rings is 1. The largest absolute Gasteiger partial charge is 0.337 e. The van der Waals surface area contributed by atoms with Gasteiger partial charge in [-0.25, -0.2) is 0 Å². The molecule has 2 unspecified atom stereocenters. The van der Waals surface area contributed by atoms with E-state index in [2.05, 4.69) is 17.0 Å². The van der Waals surface area contributed by atoms with Crippen LogP contribution in [0, 0.1) is 5.92 Å². The van der Waals surface area contributed by atoms with Gasteiger partial charge in [-0.05, 0) is 61.1 Å². The number of carbonyl (C=O) groups excluding carboxylic acids is 1. The lowest BCUT2D eigenvalue weighted by molar-refractivity contribution is 0.0599. The molecular formula is C25H27N3O2S. The summed E-state index contributed by atoms with van der Waals surface area (Å²) in [6.45, 7) is 2.88. The van der Waals surface area contributed by atoms with Crippen molar-refractivity contribution in [2.24, 2.45) is 5.92 Å². The van der Waals surface area contributed by atoms with E-state index in [1.807, 2.05) is 65.3 Å². The molecule has 160 valence electrons. The number of likely N-dealkylation sites (tertiary alicyclic amines) is 1. The van der Waals surface area contributed by atoms with Crippen LogP contribution in [0.2, 0.25) is 0 Å². The number of pyridine rings is 1. The van der Waals surface area contributed by atoms with Crippen LogP contribution in [0.4, 0.5) is 0 Å². The average molecular weight is 434 g/mol. The number of amides is 1. The first kappa shape index (κ1) is 20.2. The van der Waals surface area contributed by atoms with Gasteiger partial charge in [-0.3, -0.25) is 9.59 Å². The molecule has 2 aliphatic heterocycles. The second kappa shape index (κ2) is 8.09. The Hall–Kier alpha value is -2.70. The van der Waals surface area contributed by atoms with E-state index in [0.717, 1.165) is 46.8 Å². The van der Waals surface area contributed by atoms with Gasteiger partial charge >= 0.3 is 0 Å². The van der Waals surface area contributed by atoms with Crippen molar-refractivity contribution in [1.29, 1.82) is 0 Å². The Kier molecular flexibility index (Phi) is 5.28. The predicted octanol–water partition coefficient (Wildman–Crippen LogP) is 3.90.